The van der Waals surface area contributed by atoms with Crippen LogP contribution in [-0.4, -0.2) is 18.1 Å². The number of esters is 1. The normalized spacial score (nSPS) is 9.42. The maximum atomic E-state index is 11.0. The summed E-state index contributed by atoms with van der Waals surface area (Å²) in [6.07, 6.45) is 0. The Balaban J connectivity index is 3.08. The molecule has 0 atom stereocenters. The van der Waals surface area contributed by atoms with Crippen molar-refractivity contribution in [3.05, 3.63) is 17.7 Å². The van der Waals surface area contributed by atoms with Crippen molar-refractivity contribution in [1.82, 2.24) is 4.98 Å². The highest BCUT2D eigenvalue weighted by atomic mass is 16.5. The summed E-state index contributed by atoms with van der Waals surface area (Å²) in [5.41, 5.74) is 11.0. The summed E-state index contributed by atoms with van der Waals surface area (Å²) in [5, 5.41) is 0. The molecular weight excluding hydrogens is 158 g/mol. The summed E-state index contributed by atoms with van der Waals surface area (Å²) < 4.78 is 4.47. The minimum absolute atomic E-state index is 0.204. The largest absolute Gasteiger partial charge is 0.465 e. The van der Waals surface area contributed by atoms with Crippen molar-refractivity contribution in [2.45, 2.75) is 0 Å². The van der Waals surface area contributed by atoms with Crippen LogP contribution in [0.2, 0.25) is 0 Å². The first-order chi connectivity index (χ1) is 5.63. The van der Waals surface area contributed by atoms with E-state index in [1.54, 1.807) is 0 Å². The van der Waals surface area contributed by atoms with E-state index in [0.29, 0.717) is 5.56 Å². The summed E-state index contributed by atoms with van der Waals surface area (Å²) in [4.78, 5) is 14.7. The minimum atomic E-state index is -0.476. The number of anilines is 2. The van der Waals surface area contributed by atoms with E-state index in [1.807, 2.05) is 0 Å². The second-order valence-corrected chi connectivity index (χ2v) is 2.20. The van der Waals surface area contributed by atoms with E-state index in [9.17, 15) is 4.79 Å². The summed E-state index contributed by atoms with van der Waals surface area (Å²) in [6.45, 7) is 0. The maximum Gasteiger partial charge on any atom is 0.338 e. The quantitative estimate of drug-likeness (QED) is 0.576. The number of pyridine rings is 1. The number of carbonyl (C=O) groups excluding carboxylic acids is 1. The Kier molecular flexibility index (Phi) is 2.14. The van der Waals surface area contributed by atoms with Gasteiger partial charge in [0, 0.05) is 0 Å². The van der Waals surface area contributed by atoms with Gasteiger partial charge in [0.15, 0.2) is 0 Å². The van der Waals surface area contributed by atoms with Crippen LogP contribution in [0.15, 0.2) is 12.1 Å². The van der Waals surface area contributed by atoms with Gasteiger partial charge in [-0.1, -0.05) is 0 Å². The number of hydrogen-bond donors (Lipinski definition) is 2. The fourth-order valence-corrected chi connectivity index (χ4v) is 0.810. The van der Waals surface area contributed by atoms with Gasteiger partial charge in [0.25, 0.3) is 0 Å². The molecule has 5 heteroatoms. The van der Waals surface area contributed by atoms with Crippen molar-refractivity contribution in [3.8, 4) is 0 Å². The zero-order valence-electron chi connectivity index (χ0n) is 6.57. The Morgan fingerprint density at radius 3 is 2.33 bits per heavy atom. The van der Waals surface area contributed by atoms with Gasteiger partial charge in [-0.25, -0.2) is 9.78 Å². The Hall–Kier alpha value is -1.78. The lowest BCUT2D eigenvalue weighted by atomic mass is 10.2. The predicted molar refractivity (Wildman–Crippen MR) is 44.4 cm³/mol. The van der Waals surface area contributed by atoms with Crippen molar-refractivity contribution in [1.29, 1.82) is 0 Å². The summed E-state index contributed by atoms with van der Waals surface area (Å²) in [6, 6.07) is 2.81. The van der Waals surface area contributed by atoms with Crippen LogP contribution in [0.1, 0.15) is 10.4 Å². The van der Waals surface area contributed by atoms with E-state index in [4.69, 9.17) is 11.5 Å². The topological polar surface area (TPSA) is 91.2 Å². The van der Waals surface area contributed by atoms with Gasteiger partial charge in [0.05, 0.1) is 12.7 Å². The second-order valence-electron chi connectivity index (χ2n) is 2.20. The molecule has 5 nitrogen and oxygen atoms in total. The van der Waals surface area contributed by atoms with Crippen molar-refractivity contribution in [2.24, 2.45) is 0 Å². The van der Waals surface area contributed by atoms with Crippen molar-refractivity contribution in [3.63, 3.8) is 0 Å². The fourth-order valence-electron chi connectivity index (χ4n) is 0.810. The van der Waals surface area contributed by atoms with Gasteiger partial charge in [-0.2, -0.15) is 0 Å². The lowest BCUT2D eigenvalue weighted by Gasteiger charge is -2.00. The SMILES string of the molecule is COC(=O)c1cc(N)nc(N)c1. The van der Waals surface area contributed by atoms with Crippen molar-refractivity contribution >= 4 is 17.6 Å². The van der Waals surface area contributed by atoms with Gasteiger partial charge in [-0.3, -0.25) is 0 Å². The molecule has 0 saturated carbocycles. The zero-order chi connectivity index (χ0) is 9.14. The number of nitrogen functional groups attached to an aromatic ring is 2. The molecule has 1 aromatic heterocycles. The number of nitrogens with two attached hydrogens (primary N) is 2. The number of hydrogen-bond acceptors (Lipinski definition) is 5. The molecule has 0 amide bonds. The summed E-state index contributed by atoms with van der Waals surface area (Å²) in [5.74, 6) is -0.0680. The average Bonchev–Trinajstić information content (AvgIpc) is 2.01. The standard InChI is InChI=1S/C7H9N3O2/c1-12-7(11)4-2-5(8)10-6(9)3-4/h2-3H,1H3,(H4,8,9,10). The summed E-state index contributed by atoms with van der Waals surface area (Å²) >= 11 is 0. The fraction of sp³-hybridized carbons (Fsp3) is 0.143. The molecular formula is C7H9N3O2. The number of ether oxygens (including phenoxy) is 1. The molecule has 4 N–H and O–H groups in total. The van der Waals surface area contributed by atoms with Gasteiger partial charge < -0.3 is 16.2 Å². The Morgan fingerprint density at radius 2 is 1.92 bits per heavy atom. The Bertz CT molecular complexity index is 291. The molecule has 12 heavy (non-hydrogen) atoms. The number of rotatable bonds is 1. The van der Waals surface area contributed by atoms with Crippen LogP contribution in [0.3, 0.4) is 0 Å². The van der Waals surface area contributed by atoms with E-state index < -0.39 is 5.97 Å². The first kappa shape index (κ1) is 8.32. The van der Waals surface area contributed by atoms with Crippen molar-refractivity contribution < 1.29 is 9.53 Å². The predicted octanol–water partition coefficient (Wildman–Crippen LogP) is 0.0326. The molecule has 0 radical (unpaired) electrons. The summed E-state index contributed by atoms with van der Waals surface area (Å²) in [7, 11) is 1.29. The van der Waals surface area contributed by atoms with Gasteiger partial charge in [0.2, 0.25) is 0 Å². The zero-order valence-corrected chi connectivity index (χ0v) is 6.57. The third-order valence-electron chi connectivity index (χ3n) is 1.29. The molecule has 1 rings (SSSR count). The van der Waals surface area contributed by atoms with Gasteiger partial charge in [0.1, 0.15) is 11.6 Å². The van der Waals surface area contributed by atoms with Gasteiger partial charge >= 0.3 is 5.97 Å². The molecule has 0 fully saturated rings. The monoisotopic (exact) mass is 167 g/mol. The number of carbonyl (C=O) groups is 1. The molecule has 0 unspecified atom stereocenters. The van der Waals surface area contributed by atoms with Crippen LogP contribution in [0.5, 0.6) is 0 Å². The molecule has 1 heterocycles. The number of aromatic nitrogens is 1. The first-order valence-corrected chi connectivity index (χ1v) is 3.25. The Morgan fingerprint density at radius 1 is 1.42 bits per heavy atom. The average molecular weight is 167 g/mol. The molecule has 1 aromatic rings. The van der Waals surface area contributed by atoms with Crippen LogP contribution in [0.4, 0.5) is 11.6 Å². The molecule has 0 aromatic carbocycles. The highest BCUT2D eigenvalue weighted by Gasteiger charge is 2.06. The van der Waals surface area contributed by atoms with E-state index in [0.717, 1.165) is 0 Å². The molecule has 0 aliphatic heterocycles. The maximum absolute atomic E-state index is 11.0. The molecule has 0 saturated heterocycles. The van der Waals surface area contributed by atoms with Crippen LogP contribution < -0.4 is 11.5 Å². The highest BCUT2D eigenvalue weighted by Crippen LogP contribution is 2.09. The van der Waals surface area contributed by atoms with E-state index in [-0.39, 0.29) is 11.6 Å². The smallest absolute Gasteiger partial charge is 0.338 e. The van der Waals surface area contributed by atoms with Gasteiger partial charge in [-0.05, 0) is 12.1 Å². The number of methoxy groups -OCH3 is 1. The third kappa shape index (κ3) is 1.63. The van der Waals surface area contributed by atoms with Crippen LogP contribution in [-0.2, 0) is 4.74 Å². The van der Waals surface area contributed by atoms with E-state index in [1.165, 1.54) is 19.2 Å². The van der Waals surface area contributed by atoms with Crippen molar-refractivity contribution in [2.75, 3.05) is 18.6 Å². The van der Waals surface area contributed by atoms with E-state index >= 15 is 0 Å². The number of nitrogens with zero attached hydrogens (tertiary/aromatic N) is 1. The molecule has 0 spiro atoms. The van der Waals surface area contributed by atoms with Crippen LogP contribution in [0, 0.1) is 0 Å². The van der Waals surface area contributed by atoms with Crippen LogP contribution >= 0.6 is 0 Å². The molecule has 64 valence electrons. The molecule has 0 bridgehead atoms. The van der Waals surface area contributed by atoms with Gasteiger partial charge in [-0.15, -0.1) is 0 Å². The Labute approximate surface area is 69.3 Å². The first-order valence-electron chi connectivity index (χ1n) is 3.25. The lowest BCUT2D eigenvalue weighted by Crippen LogP contribution is -2.05. The van der Waals surface area contributed by atoms with E-state index in [2.05, 4.69) is 9.72 Å². The lowest BCUT2D eigenvalue weighted by molar-refractivity contribution is 0.0600. The minimum Gasteiger partial charge on any atom is -0.465 e. The molecule has 0 aliphatic carbocycles. The second kappa shape index (κ2) is 3.08. The highest BCUT2D eigenvalue weighted by molar-refractivity contribution is 5.90. The molecule has 0 aliphatic rings. The van der Waals surface area contributed by atoms with Crippen LogP contribution in [0.25, 0.3) is 0 Å². The third-order valence-corrected chi connectivity index (χ3v) is 1.29.